The molecule has 9 heteroatoms. The predicted molar refractivity (Wildman–Crippen MR) is 66.7 cm³/mol. The molecule has 0 spiro atoms. The maximum absolute atomic E-state index is 12.8. The second kappa shape index (κ2) is 7.39. The van der Waals surface area contributed by atoms with E-state index in [-0.39, 0.29) is 57.1 Å². The number of para-hydroxylation sites is 1. The molecule has 0 aliphatic carbocycles. The Hall–Kier alpha value is -0.479. The Morgan fingerprint density at radius 2 is 1.36 bits per heavy atom. The third kappa shape index (κ3) is 5.02. The van der Waals surface area contributed by atoms with E-state index >= 15 is 0 Å². The van der Waals surface area contributed by atoms with Crippen LogP contribution >= 0.6 is 0 Å². The van der Waals surface area contributed by atoms with Crippen molar-refractivity contribution in [2.45, 2.75) is 6.18 Å². The zero-order valence-corrected chi connectivity index (χ0v) is 14.5. The molecule has 2 rings (SSSR count). The van der Waals surface area contributed by atoms with Crippen LogP contribution in [0.25, 0.3) is 0 Å². The number of alkyl halides is 3. The molecule has 1 nitrogen and oxygen atoms in total. The monoisotopic (exact) mass is 344 g/mol. The molecule has 0 aliphatic heterocycles. The summed E-state index contributed by atoms with van der Waals surface area (Å²) in [5.74, 6) is -0.541. The van der Waals surface area contributed by atoms with Gasteiger partial charge in [0.1, 0.15) is 11.5 Å². The molecule has 0 fully saturated rings. The average molecular weight is 344 g/mol. The fourth-order valence-electron chi connectivity index (χ4n) is 1.68. The Balaban J connectivity index is 0.00000242. The first-order chi connectivity index (χ1) is 9.68. The molecule has 2 aromatic carbocycles. The van der Waals surface area contributed by atoms with Gasteiger partial charge in [-0.15, -0.1) is 0 Å². The Morgan fingerprint density at radius 3 is 1.86 bits per heavy atom. The van der Waals surface area contributed by atoms with E-state index in [0.717, 1.165) is 36.4 Å². The van der Waals surface area contributed by atoms with Gasteiger partial charge in [0.25, 0.3) is 0 Å². The number of hydrogen-bond donors (Lipinski definition) is 0. The number of benzene rings is 2. The normalized spacial score (nSPS) is 11.7. The molecule has 2 aromatic rings. The summed E-state index contributed by atoms with van der Waals surface area (Å²) in [4.78, 5) is 0. The van der Waals surface area contributed by atoms with Gasteiger partial charge in [-0.3, -0.25) is 0 Å². The third-order valence-electron chi connectivity index (χ3n) is 2.68. The van der Waals surface area contributed by atoms with Gasteiger partial charge in [0.2, 0.25) is 0 Å². The number of halogens is 6. The number of rotatable bonds is 3. The van der Waals surface area contributed by atoms with Crippen LogP contribution in [0.5, 0.6) is 11.5 Å². The van der Waals surface area contributed by atoms with E-state index in [1.807, 2.05) is 0 Å². The van der Waals surface area contributed by atoms with E-state index in [4.69, 9.17) is 4.74 Å². The molecule has 0 saturated carbocycles. The maximum Gasteiger partial charge on any atom is 1.00 e. The van der Waals surface area contributed by atoms with E-state index in [1.165, 1.54) is 12.1 Å². The van der Waals surface area contributed by atoms with Gasteiger partial charge in [-0.05, 0) is 30.3 Å². The smallest absolute Gasteiger partial charge is 0.460 e. The molecule has 0 aliphatic rings. The van der Waals surface area contributed by atoms with Crippen LogP contribution in [-0.4, -0.2) is 6.98 Å². The molecule has 0 N–H and O–H groups in total. The molecule has 0 heterocycles. The minimum Gasteiger partial charge on any atom is -0.460 e. The van der Waals surface area contributed by atoms with Crippen molar-refractivity contribution in [2.75, 3.05) is 0 Å². The van der Waals surface area contributed by atoms with Crippen LogP contribution in [0.15, 0.2) is 48.5 Å². The minimum atomic E-state index is -5.27. The molecule has 112 valence electrons. The summed E-state index contributed by atoms with van der Waals surface area (Å²) >= 11 is 0. The molecule has 0 saturated heterocycles. The first kappa shape index (κ1) is 19.6. The molecule has 0 bridgehead atoms. The fraction of sp³-hybridized carbons (Fsp3) is 0.0769. The van der Waals surface area contributed by atoms with Crippen molar-refractivity contribution >= 4 is 12.4 Å². The summed E-state index contributed by atoms with van der Waals surface area (Å²) in [5.41, 5.74) is -1.83. The van der Waals surface area contributed by atoms with Gasteiger partial charge in [-0.1, -0.05) is 23.7 Å². The van der Waals surface area contributed by atoms with Crippen molar-refractivity contribution in [2.24, 2.45) is 0 Å². The van der Waals surface area contributed by atoms with Crippen molar-refractivity contribution in [1.82, 2.24) is 0 Å². The van der Waals surface area contributed by atoms with Gasteiger partial charge < -0.3 is 17.7 Å². The molecule has 0 unspecified atom stereocenters. The third-order valence-corrected chi connectivity index (χ3v) is 2.68. The second-order valence-electron chi connectivity index (χ2n) is 4.24. The Kier molecular flexibility index (Phi) is 6.58. The maximum atomic E-state index is 12.8. The van der Waals surface area contributed by atoms with Gasteiger partial charge in [0.15, 0.2) is 0 Å². The molecule has 0 atom stereocenters. The Labute approximate surface area is 165 Å². The van der Waals surface area contributed by atoms with Gasteiger partial charge >= 0.3 is 64.5 Å². The van der Waals surface area contributed by atoms with Crippen molar-refractivity contribution in [3.8, 4) is 11.5 Å². The summed E-state index contributed by atoms with van der Waals surface area (Å²) < 4.78 is 80.6. The summed E-state index contributed by atoms with van der Waals surface area (Å²) in [7, 11) is 0. The van der Waals surface area contributed by atoms with Gasteiger partial charge in [0.05, 0.1) is 5.56 Å². The first-order valence-corrected chi connectivity index (χ1v) is 5.82. The van der Waals surface area contributed by atoms with Gasteiger partial charge in [-0.2, -0.15) is 13.2 Å². The van der Waals surface area contributed by atoms with Crippen LogP contribution in [-0.2, 0) is 6.18 Å². The second-order valence-corrected chi connectivity index (χ2v) is 4.24. The van der Waals surface area contributed by atoms with Crippen LogP contribution in [0.1, 0.15) is 5.56 Å². The van der Waals surface area contributed by atoms with E-state index in [9.17, 15) is 26.1 Å². The van der Waals surface area contributed by atoms with E-state index in [0.29, 0.717) is 0 Å². The Bertz CT molecular complexity index is 624. The quantitative estimate of drug-likeness (QED) is 0.607. The topological polar surface area (TPSA) is 9.23 Å². The standard InChI is InChI=1S/C13H8BF6O.K/c15-13(16,17)9-5-7-10(8-6-9)21-12-4-2-1-3-11(12)14(18,19)20;/h1-8H;/q-1;+1. The number of ether oxygens (including phenoxy) is 1. The fourth-order valence-corrected chi connectivity index (χ4v) is 1.68. The van der Waals surface area contributed by atoms with Crippen LogP contribution < -0.4 is 61.6 Å². The van der Waals surface area contributed by atoms with Crippen molar-refractivity contribution in [1.29, 1.82) is 0 Å². The number of hydrogen-bond acceptors (Lipinski definition) is 1. The molecular weight excluding hydrogens is 336 g/mol. The molecule has 22 heavy (non-hydrogen) atoms. The summed E-state index contributed by atoms with van der Waals surface area (Å²) in [6.45, 7) is -5.27. The zero-order chi connectivity index (χ0) is 15.7. The van der Waals surface area contributed by atoms with E-state index < -0.39 is 29.9 Å². The van der Waals surface area contributed by atoms with E-state index in [1.54, 1.807) is 0 Å². The van der Waals surface area contributed by atoms with Gasteiger partial charge in [-0.25, -0.2) is 0 Å². The largest absolute Gasteiger partial charge is 1.00 e. The summed E-state index contributed by atoms with van der Waals surface area (Å²) in [5, 5.41) is 0. The van der Waals surface area contributed by atoms with Crippen LogP contribution in [0.2, 0.25) is 0 Å². The average Bonchev–Trinajstić information content (AvgIpc) is 2.37. The zero-order valence-electron chi connectivity index (χ0n) is 11.4. The first-order valence-electron chi connectivity index (χ1n) is 5.82. The molecule has 0 radical (unpaired) electrons. The molecule has 0 aromatic heterocycles. The molecule has 0 amide bonds. The SMILES string of the molecule is F[B-](F)(F)c1ccccc1Oc1ccc(C(F)(F)F)cc1.[K+]. The minimum absolute atomic E-state index is 0. The van der Waals surface area contributed by atoms with Crippen LogP contribution in [0, 0.1) is 0 Å². The summed E-state index contributed by atoms with van der Waals surface area (Å²) in [6, 6.07) is 7.98. The van der Waals surface area contributed by atoms with Gasteiger partial charge in [0, 0.05) is 0 Å². The summed E-state index contributed by atoms with van der Waals surface area (Å²) in [6.07, 6.45) is -4.51. The van der Waals surface area contributed by atoms with Crippen LogP contribution in [0.3, 0.4) is 0 Å². The van der Waals surface area contributed by atoms with Crippen molar-refractivity contribution in [3.05, 3.63) is 54.1 Å². The van der Waals surface area contributed by atoms with Crippen LogP contribution in [0.4, 0.5) is 26.1 Å². The van der Waals surface area contributed by atoms with Crippen molar-refractivity contribution < 1.29 is 82.2 Å². The Morgan fingerprint density at radius 1 is 0.818 bits per heavy atom. The van der Waals surface area contributed by atoms with Crippen molar-refractivity contribution in [3.63, 3.8) is 0 Å². The van der Waals surface area contributed by atoms with E-state index in [2.05, 4.69) is 0 Å². The molecular formula is C13H8BF6KO. The predicted octanol–water partition coefficient (Wildman–Crippen LogP) is 1.56.